The topological polar surface area (TPSA) is 61.8 Å². The van der Waals surface area contributed by atoms with Crippen molar-refractivity contribution >= 4 is 6.03 Å². The fraction of sp³-hybridized carbons (Fsp3) is 0.611. The number of likely N-dealkylation sites (tertiary alicyclic amines) is 1. The third kappa shape index (κ3) is 5.13. The number of para-hydroxylation sites is 1. The van der Waals surface area contributed by atoms with Gasteiger partial charge < -0.3 is 20.1 Å². The number of aliphatic hydroxyl groups is 1. The molecule has 2 rings (SSSR count). The van der Waals surface area contributed by atoms with E-state index in [1.165, 1.54) is 0 Å². The highest BCUT2D eigenvalue weighted by molar-refractivity contribution is 5.74. The van der Waals surface area contributed by atoms with Gasteiger partial charge in [0.2, 0.25) is 0 Å². The summed E-state index contributed by atoms with van der Waals surface area (Å²) in [5, 5.41) is 12.2. The first kappa shape index (κ1) is 17.6. The number of rotatable bonds is 7. The second kappa shape index (κ2) is 9.40. The molecule has 1 aromatic carbocycles. The molecular formula is C18H28N2O3. The van der Waals surface area contributed by atoms with Crippen molar-refractivity contribution in [1.82, 2.24) is 10.2 Å². The number of nitrogens with one attached hydrogen (secondary N) is 1. The van der Waals surface area contributed by atoms with Crippen LogP contribution in [0.3, 0.4) is 0 Å². The predicted octanol–water partition coefficient (Wildman–Crippen LogP) is 2.92. The molecule has 0 aromatic heterocycles. The van der Waals surface area contributed by atoms with Crippen LogP contribution in [0.5, 0.6) is 5.75 Å². The van der Waals surface area contributed by atoms with E-state index in [-0.39, 0.29) is 18.7 Å². The smallest absolute Gasteiger partial charge is 0.317 e. The van der Waals surface area contributed by atoms with E-state index >= 15 is 0 Å². The van der Waals surface area contributed by atoms with Crippen LogP contribution in [0.25, 0.3) is 0 Å². The van der Waals surface area contributed by atoms with Crippen LogP contribution in [0.1, 0.15) is 44.6 Å². The van der Waals surface area contributed by atoms with Crippen LogP contribution in [0.4, 0.5) is 4.79 Å². The van der Waals surface area contributed by atoms with Crippen molar-refractivity contribution in [1.29, 1.82) is 0 Å². The second-order valence-electron chi connectivity index (χ2n) is 5.97. The maximum absolute atomic E-state index is 12.5. The molecule has 1 heterocycles. The molecule has 0 unspecified atom stereocenters. The number of aliphatic hydroxyl groups excluding tert-OH is 1. The first-order valence-electron chi connectivity index (χ1n) is 8.62. The molecule has 5 nitrogen and oxygen atoms in total. The summed E-state index contributed by atoms with van der Waals surface area (Å²) in [4.78, 5) is 14.3. The van der Waals surface area contributed by atoms with Crippen LogP contribution in [0.15, 0.2) is 24.3 Å². The van der Waals surface area contributed by atoms with Crippen molar-refractivity contribution in [3.63, 3.8) is 0 Å². The van der Waals surface area contributed by atoms with Gasteiger partial charge in [0.15, 0.2) is 0 Å². The van der Waals surface area contributed by atoms with E-state index in [1.54, 1.807) is 0 Å². The number of carbonyl (C=O) groups is 1. The fourth-order valence-electron chi connectivity index (χ4n) is 2.99. The molecule has 1 aliphatic rings. The van der Waals surface area contributed by atoms with Gasteiger partial charge >= 0.3 is 6.03 Å². The molecular weight excluding hydrogens is 292 g/mol. The van der Waals surface area contributed by atoms with E-state index in [0.29, 0.717) is 19.6 Å². The van der Waals surface area contributed by atoms with Crippen molar-refractivity contribution in [3.05, 3.63) is 29.8 Å². The minimum atomic E-state index is -0.0477. The van der Waals surface area contributed by atoms with Gasteiger partial charge in [-0.2, -0.15) is 0 Å². The molecule has 2 amide bonds. The highest BCUT2D eigenvalue weighted by Gasteiger charge is 2.26. The minimum Gasteiger partial charge on any atom is -0.493 e. The molecule has 1 aliphatic heterocycles. The summed E-state index contributed by atoms with van der Waals surface area (Å²) in [6.45, 7) is 4.10. The highest BCUT2D eigenvalue weighted by atomic mass is 16.5. The second-order valence-corrected chi connectivity index (χ2v) is 5.97. The first-order valence-corrected chi connectivity index (χ1v) is 8.62. The Balaban J connectivity index is 1.93. The van der Waals surface area contributed by atoms with Crippen LogP contribution in [-0.2, 0) is 6.54 Å². The number of urea groups is 1. The molecule has 1 atom stereocenters. The van der Waals surface area contributed by atoms with Gasteiger partial charge in [0.05, 0.1) is 6.61 Å². The van der Waals surface area contributed by atoms with E-state index < -0.39 is 0 Å². The Labute approximate surface area is 138 Å². The summed E-state index contributed by atoms with van der Waals surface area (Å²) in [5.74, 6) is 0.834. The summed E-state index contributed by atoms with van der Waals surface area (Å²) in [6.07, 6.45) is 4.75. The van der Waals surface area contributed by atoms with E-state index in [1.807, 2.05) is 29.2 Å². The van der Waals surface area contributed by atoms with Crippen LogP contribution < -0.4 is 10.1 Å². The minimum absolute atomic E-state index is 0.0477. The summed E-state index contributed by atoms with van der Waals surface area (Å²) < 4.78 is 5.73. The number of benzene rings is 1. The molecule has 0 aliphatic carbocycles. The Hall–Kier alpha value is -1.75. The Morgan fingerprint density at radius 2 is 2.22 bits per heavy atom. The normalized spacial score (nSPS) is 17.8. The highest BCUT2D eigenvalue weighted by Crippen LogP contribution is 2.21. The molecule has 23 heavy (non-hydrogen) atoms. The molecule has 2 N–H and O–H groups in total. The third-order valence-electron chi connectivity index (χ3n) is 4.21. The molecule has 128 valence electrons. The predicted molar refractivity (Wildman–Crippen MR) is 90.5 cm³/mol. The molecule has 0 radical (unpaired) electrons. The summed E-state index contributed by atoms with van der Waals surface area (Å²) in [6, 6.07) is 7.92. The Morgan fingerprint density at radius 3 is 3.00 bits per heavy atom. The first-order chi connectivity index (χ1) is 11.3. The fourth-order valence-corrected chi connectivity index (χ4v) is 2.99. The number of hydrogen-bond acceptors (Lipinski definition) is 3. The van der Waals surface area contributed by atoms with E-state index in [4.69, 9.17) is 9.84 Å². The Bertz CT molecular complexity index is 491. The maximum Gasteiger partial charge on any atom is 0.317 e. The standard InChI is InChI=1S/C18H28N2O3/c1-2-13-23-17-9-4-3-7-15(17)14-19-18(22)20-11-6-5-8-16(20)10-12-21/h3-4,7,9,16,21H,2,5-6,8,10-14H2,1H3,(H,19,22)/t16-/m0/s1. The van der Waals surface area contributed by atoms with E-state index in [9.17, 15) is 4.79 Å². The lowest BCUT2D eigenvalue weighted by Crippen LogP contribution is -2.48. The van der Waals surface area contributed by atoms with Crippen LogP contribution in [-0.4, -0.2) is 41.8 Å². The lowest BCUT2D eigenvalue weighted by Gasteiger charge is -2.35. The molecule has 0 bridgehead atoms. The van der Waals surface area contributed by atoms with Crippen molar-refractivity contribution < 1.29 is 14.6 Å². The SMILES string of the molecule is CCCOc1ccccc1CNC(=O)N1CCCC[C@H]1CCO. The molecule has 0 spiro atoms. The number of carbonyl (C=O) groups excluding carboxylic acids is 1. The van der Waals surface area contributed by atoms with Gasteiger partial charge in [0, 0.05) is 31.3 Å². The van der Waals surface area contributed by atoms with E-state index in [0.717, 1.165) is 43.5 Å². The Kier molecular flexibility index (Phi) is 7.20. The zero-order valence-electron chi connectivity index (χ0n) is 14.0. The molecule has 5 heteroatoms. The molecule has 1 aromatic rings. The zero-order valence-corrected chi connectivity index (χ0v) is 14.0. The average molecular weight is 320 g/mol. The van der Waals surface area contributed by atoms with Crippen LogP contribution in [0.2, 0.25) is 0 Å². The van der Waals surface area contributed by atoms with Crippen molar-refractivity contribution in [2.75, 3.05) is 19.8 Å². The molecule has 1 fully saturated rings. The van der Waals surface area contributed by atoms with Gasteiger partial charge in [-0.15, -0.1) is 0 Å². The Morgan fingerprint density at radius 1 is 1.39 bits per heavy atom. The average Bonchev–Trinajstić information content (AvgIpc) is 2.59. The number of nitrogens with zero attached hydrogens (tertiary/aromatic N) is 1. The monoisotopic (exact) mass is 320 g/mol. The van der Waals surface area contributed by atoms with E-state index in [2.05, 4.69) is 12.2 Å². The van der Waals surface area contributed by atoms with Gasteiger partial charge in [0.25, 0.3) is 0 Å². The largest absolute Gasteiger partial charge is 0.493 e. The summed E-state index contributed by atoms with van der Waals surface area (Å²) in [5.41, 5.74) is 0.991. The molecule has 0 saturated carbocycles. The zero-order chi connectivity index (χ0) is 16.5. The third-order valence-corrected chi connectivity index (χ3v) is 4.21. The summed E-state index contributed by atoms with van der Waals surface area (Å²) >= 11 is 0. The quantitative estimate of drug-likeness (QED) is 0.812. The lowest BCUT2D eigenvalue weighted by atomic mass is 10.0. The number of piperidine rings is 1. The number of hydrogen-bond donors (Lipinski definition) is 2. The van der Waals surface area contributed by atoms with Gasteiger partial charge in [-0.25, -0.2) is 4.79 Å². The van der Waals surface area contributed by atoms with Crippen molar-refractivity contribution in [2.45, 2.75) is 51.6 Å². The number of ether oxygens (including phenoxy) is 1. The summed E-state index contributed by atoms with van der Waals surface area (Å²) in [7, 11) is 0. The van der Waals surface area contributed by atoms with Crippen molar-refractivity contribution in [2.24, 2.45) is 0 Å². The van der Waals surface area contributed by atoms with Gasteiger partial charge in [-0.1, -0.05) is 25.1 Å². The van der Waals surface area contributed by atoms with Gasteiger partial charge in [-0.3, -0.25) is 0 Å². The maximum atomic E-state index is 12.5. The molecule has 1 saturated heterocycles. The lowest BCUT2D eigenvalue weighted by molar-refractivity contribution is 0.131. The van der Waals surface area contributed by atoms with Gasteiger partial charge in [0.1, 0.15) is 5.75 Å². The van der Waals surface area contributed by atoms with Crippen LogP contribution in [0, 0.1) is 0 Å². The van der Waals surface area contributed by atoms with Gasteiger partial charge in [-0.05, 0) is 38.2 Å². The van der Waals surface area contributed by atoms with Crippen LogP contribution >= 0.6 is 0 Å². The number of amides is 2. The van der Waals surface area contributed by atoms with Crippen molar-refractivity contribution in [3.8, 4) is 5.75 Å².